The van der Waals surface area contributed by atoms with Gasteiger partial charge in [0, 0.05) is 16.7 Å². The fourth-order valence-electron chi connectivity index (χ4n) is 1.47. The van der Waals surface area contributed by atoms with E-state index in [0.717, 1.165) is 6.54 Å². The van der Waals surface area contributed by atoms with Gasteiger partial charge in [0.05, 0.1) is 0 Å². The fraction of sp³-hybridized carbons (Fsp3) is 0.333. The largest absolute Gasteiger partial charge is 0.385 e. The maximum absolute atomic E-state index is 3.54. The lowest BCUT2D eigenvalue weighted by molar-refractivity contribution is 0.826. The van der Waals surface area contributed by atoms with E-state index in [1.807, 2.05) is 0 Å². The first-order chi connectivity index (χ1) is 5.38. The number of anilines is 1. The van der Waals surface area contributed by atoms with Gasteiger partial charge in [-0.3, -0.25) is 0 Å². The first-order valence-corrected chi connectivity index (χ1v) is 4.68. The van der Waals surface area contributed by atoms with Gasteiger partial charge in [-0.25, -0.2) is 0 Å². The standard InChI is InChI=1S/C9H10BrN/c10-8-4-1-5-9-7(8)3-2-6-11-9/h1,4-5,11H,2-3,6H2. The molecule has 0 amide bonds. The van der Waals surface area contributed by atoms with Crippen LogP contribution in [0, 0.1) is 0 Å². The summed E-state index contributed by atoms with van der Waals surface area (Å²) >= 11 is 3.54. The van der Waals surface area contributed by atoms with Gasteiger partial charge in [-0.2, -0.15) is 0 Å². The third-order valence-electron chi connectivity index (χ3n) is 2.04. The van der Waals surface area contributed by atoms with Crippen LogP contribution in [0.3, 0.4) is 0 Å². The smallest absolute Gasteiger partial charge is 0.0384 e. The lowest BCUT2D eigenvalue weighted by atomic mass is 10.0. The Morgan fingerprint density at radius 1 is 1.36 bits per heavy atom. The van der Waals surface area contributed by atoms with Crippen LogP contribution in [0.15, 0.2) is 22.7 Å². The summed E-state index contributed by atoms with van der Waals surface area (Å²) in [7, 11) is 0. The van der Waals surface area contributed by atoms with E-state index in [0.29, 0.717) is 0 Å². The first kappa shape index (κ1) is 7.17. The second-order valence-electron chi connectivity index (χ2n) is 2.80. The quantitative estimate of drug-likeness (QED) is 0.697. The van der Waals surface area contributed by atoms with Crippen LogP contribution in [-0.2, 0) is 6.42 Å². The highest BCUT2D eigenvalue weighted by Gasteiger charge is 2.09. The number of hydrogen-bond donors (Lipinski definition) is 1. The van der Waals surface area contributed by atoms with Crippen molar-refractivity contribution in [3.05, 3.63) is 28.2 Å². The Hall–Kier alpha value is -0.500. The lowest BCUT2D eigenvalue weighted by Crippen LogP contribution is -2.11. The number of hydrogen-bond acceptors (Lipinski definition) is 1. The van der Waals surface area contributed by atoms with Crippen molar-refractivity contribution in [3.8, 4) is 0 Å². The topological polar surface area (TPSA) is 12.0 Å². The summed E-state index contributed by atoms with van der Waals surface area (Å²) in [5.74, 6) is 0. The maximum Gasteiger partial charge on any atom is 0.0384 e. The molecule has 0 atom stereocenters. The van der Waals surface area contributed by atoms with Crippen molar-refractivity contribution in [2.75, 3.05) is 11.9 Å². The van der Waals surface area contributed by atoms with Crippen molar-refractivity contribution in [3.63, 3.8) is 0 Å². The third-order valence-corrected chi connectivity index (χ3v) is 2.78. The minimum atomic E-state index is 1.11. The monoisotopic (exact) mass is 211 g/mol. The van der Waals surface area contributed by atoms with Crippen LogP contribution >= 0.6 is 15.9 Å². The Morgan fingerprint density at radius 2 is 2.27 bits per heavy atom. The molecule has 0 aromatic heterocycles. The molecular formula is C9H10BrN. The summed E-state index contributed by atoms with van der Waals surface area (Å²) < 4.78 is 1.24. The molecule has 0 spiro atoms. The molecule has 1 aromatic rings. The minimum Gasteiger partial charge on any atom is -0.385 e. The highest BCUT2D eigenvalue weighted by atomic mass is 79.9. The third kappa shape index (κ3) is 1.27. The molecule has 0 radical (unpaired) electrons. The van der Waals surface area contributed by atoms with Crippen molar-refractivity contribution in [1.29, 1.82) is 0 Å². The van der Waals surface area contributed by atoms with E-state index in [1.165, 1.54) is 28.6 Å². The van der Waals surface area contributed by atoms with E-state index < -0.39 is 0 Å². The first-order valence-electron chi connectivity index (χ1n) is 3.89. The van der Waals surface area contributed by atoms with Crippen molar-refractivity contribution < 1.29 is 0 Å². The van der Waals surface area contributed by atoms with Crippen LogP contribution in [0.2, 0.25) is 0 Å². The molecular weight excluding hydrogens is 202 g/mol. The lowest BCUT2D eigenvalue weighted by Gasteiger charge is -2.18. The van der Waals surface area contributed by atoms with Crippen LogP contribution in [0.25, 0.3) is 0 Å². The number of rotatable bonds is 0. The molecule has 0 aliphatic carbocycles. The van der Waals surface area contributed by atoms with Crippen LogP contribution in [-0.4, -0.2) is 6.54 Å². The molecule has 1 aromatic carbocycles. The number of benzene rings is 1. The second kappa shape index (κ2) is 2.86. The van der Waals surface area contributed by atoms with Gasteiger partial charge in [0.1, 0.15) is 0 Å². The Balaban J connectivity index is 2.49. The van der Waals surface area contributed by atoms with E-state index in [-0.39, 0.29) is 0 Å². The molecule has 2 heteroatoms. The van der Waals surface area contributed by atoms with Crippen molar-refractivity contribution in [2.24, 2.45) is 0 Å². The number of halogens is 1. The Bertz CT molecular complexity index is 270. The Kier molecular flexibility index (Phi) is 1.86. The zero-order valence-corrected chi connectivity index (χ0v) is 7.82. The van der Waals surface area contributed by atoms with Gasteiger partial charge < -0.3 is 5.32 Å². The Morgan fingerprint density at radius 3 is 3.09 bits per heavy atom. The summed E-state index contributed by atoms with van der Waals surface area (Å²) in [6.45, 7) is 1.11. The summed E-state index contributed by atoms with van der Waals surface area (Å²) in [6.07, 6.45) is 2.44. The summed E-state index contributed by atoms with van der Waals surface area (Å²) in [6, 6.07) is 6.31. The molecule has 1 heterocycles. The van der Waals surface area contributed by atoms with E-state index in [2.05, 4.69) is 39.4 Å². The normalized spacial score (nSPS) is 15.4. The molecule has 0 unspecified atom stereocenters. The van der Waals surface area contributed by atoms with Gasteiger partial charge in [0.15, 0.2) is 0 Å². The molecule has 0 bridgehead atoms. The van der Waals surface area contributed by atoms with E-state index in [9.17, 15) is 0 Å². The predicted octanol–water partition coefficient (Wildman–Crippen LogP) is 2.81. The van der Waals surface area contributed by atoms with Crippen LogP contribution in [0.1, 0.15) is 12.0 Å². The van der Waals surface area contributed by atoms with Gasteiger partial charge in [-0.05, 0) is 30.5 Å². The fourth-order valence-corrected chi connectivity index (χ4v) is 2.03. The molecule has 58 valence electrons. The highest BCUT2D eigenvalue weighted by Crippen LogP contribution is 2.28. The van der Waals surface area contributed by atoms with Crippen LogP contribution in [0.4, 0.5) is 5.69 Å². The zero-order valence-electron chi connectivity index (χ0n) is 6.23. The van der Waals surface area contributed by atoms with E-state index in [1.54, 1.807) is 0 Å². The molecule has 0 saturated carbocycles. The summed E-state index contributed by atoms with van der Waals surface area (Å²) in [4.78, 5) is 0. The van der Waals surface area contributed by atoms with Crippen molar-refractivity contribution in [1.82, 2.24) is 0 Å². The second-order valence-corrected chi connectivity index (χ2v) is 3.65. The van der Waals surface area contributed by atoms with E-state index in [4.69, 9.17) is 0 Å². The average molecular weight is 212 g/mol. The van der Waals surface area contributed by atoms with Crippen molar-refractivity contribution >= 4 is 21.6 Å². The maximum atomic E-state index is 3.54. The van der Waals surface area contributed by atoms with Crippen LogP contribution in [0.5, 0.6) is 0 Å². The SMILES string of the molecule is Brc1cccc2c1CCCN2. The highest BCUT2D eigenvalue weighted by molar-refractivity contribution is 9.10. The molecule has 0 saturated heterocycles. The van der Waals surface area contributed by atoms with Gasteiger partial charge in [0.2, 0.25) is 0 Å². The molecule has 1 N–H and O–H groups in total. The summed E-state index contributed by atoms with van der Waals surface area (Å²) in [5.41, 5.74) is 2.73. The minimum absolute atomic E-state index is 1.11. The van der Waals surface area contributed by atoms with Gasteiger partial charge in [0.25, 0.3) is 0 Å². The Labute approximate surface area is 74.9 Å². The molecule has 0 fully saturated rings. The number of nitrogens with one attached hydrogen (secondary N) is 1. The molecule has 11 heavy (non-hydrogen) atoms. The van der Waals surface area contributed by atoms with Crippen LogP contribution < -0.4 is 5.32 Å². The van der Waals surface area contributed by atoms with E-state index >= 15 is 0 Å². The molecule has 2 rings (SSSR count). The number of fused-ring (bicyclic) bond motifs is 1. The summed E-state index contributed by atoms with van der Waals surface area (Å²) in [5, 5.41) is 3.37. The average Bonchev–Trinajstić information content (AvgIpc) is 2.06. The zero-order chi connectivity index (χ0) is 7.68. The van der Waals surface area contributed by atoms with Gasteiger partial charge >= 0.3 is 0 Å². The molecule has 1 aliphatic heterocycles. The predicted molar refractivity (Wildman–Crippen MR) is 51.0 cm³/mol. The molecule has 1 nitrogen and oxygen atoms in total. The van der Waals surface area contributed by atoms with Gasteiger partial charge in [-0.1, -0.05) is 22.0 Å². The molecule has 1 aliphatic rings. The van der Waals surface area contributed by atoms with Crippen molar-refractivity contribution in [2.45, 2.75) is 12.8 Å². The van der Waals surface area contributed by atoms with Gasteiger partial charge in [-0.15, -0.1) is 0 Å².